The summed E-state index contributed by atoms with van der Waals surface area (Å²) in [5, 5.41) is 23.2. The van der Waals surface area contributed by atoms with Crippen LogP contribution in [0, 0.1) is 21.4 Å². The minimum Gasteiger partial charge on any atom is -0.493 e. The zero-order chi connectivity index (χ0) is 29.2. The molecule has 206 valence electrons. The Kier molecular flexibility index (Phi) is 9.70. The fraction of sp³-hybridized carbons (Fsp3) is 0.0968. The van der Waals surface area contributed by atoms with Crippen molar-refractivity contribution < 1.29 is 23.9 Å². The van der Waals surface area contributed by atoms with E-state index in [9.17, 15) is 20.2 Å². The molecule has 0 saturated carbocycles. The number of nitrogens with zero attached hydrogens (tertiary/aromatic N) is 2. The van der Waals surface area contributed by atoms with E-state index >= 15 is 0 Å². The SMILES string of the molecule is COc1cc(/C=C(\C#N)C(=O)Nc2ccc(OCc3ccc(Br)cc3)cc2)ccc1OCc1ccc([N+](=O)[O-])cc1. The molecule has 0 bridgehead atoms. The number of nitro benzene ring substituents is 1. The fourth-order valence-corrected chi connectivity index (χ4v) is 3.93. The van der Waals surface area contributed by atoms with Crippen molar-refractivity contribution >= 4 is 39.3 Å². The first-order chi connectivity index (χ1) is 19.8. The number of nitriles is 1. The third kappa shape index (κ3) is 8.17. The Morgan fingerprint density at radius 3 is 2.17 bits per heavy atom. The third-order valence-electron chi connectivity index (χ3n) is 5.84. The summed E-state index contributed by atoms with van der Waals surface area (Å²) in [6, 6.07) is 27.7. The number of amides is 1. The van der Waals surface area contributed by atoms with E-state index < -0.39 is 10.8 Å². The number of methoxy groups -OCH3 is 1. The van der Waals surface area contributed by atoms with Crippen molar-refractivity contribution in [2.45, 2.75) is 13.2 Å². The van der Waals surface area contributed by atoms with Crippen molar-refractivity contribution in [2.24, 2.45) is 0 Å². The number of carbonyl (C=O) groups excluding carboxylic acids is 1. The molecule has 1 N–H and O–H groups in total. The van der Waals surface area contributed by atoms with Gasteiger partial charge in [0.25, 0.3) is 11.6 Å². The summed E-state index contributed by atoms with van der Waals surface area (Å²) >= 11 is 3.40. The maximum Gasteiger partial charge on any atom is 0.269 e. The summed E-state index contributed by atoms with van der Waals surface area (Å²) in [5.74, 6) is 0.920. The van der Waals surface area contributed by atoms with Gasteiger partial charge in [-0.3, -0.25) is 14.9 Å². The molecule has 0 heterocycles. The van der Waals surface area contributed by atoms with E-state index in [0.29, 0.717) is 35.1 Å². The molecule has 1 amide bonds. The summed E-state index contributed by atoms with van der Waals surface area (Å²) in [6.07, 6.45) is 1.45. The molecule has 0 fully saturated rings. The Labute approximate surface area is 244 Å². The zero-order valence-electron chi connectivity index (χ0n) is 21.9. The molecule has 0 aliphatic heterocycles. The van der Waals surface area contributed by atoms with Crippen LogP contribution in [0.1, 0.15) is 16.7 Å². The highest BCUT2D eigenvalue weighted by Crippen LogP contribution is 2.30. The zero-order valence-corrected chi connectivity index (χ0v) is 23.5. The van der Waals surface area contributed by atoms with E-state index in [4.69, 9.17) is 14.2 Å². The minimum absolute atomic E-state index is 0.00146. The van der Waals surface area contributed by atoms with Gasteiger partial charge in [0.2, 0.25) is 0 Å². The number of anilines is 1. The number of non-ortho nitro benzene ring substituents is 1. The van der Waals surface area contributed by atoms with Crippen molar-refractivity contribution in [3.05, 3.63) is 128 Å². The molecule has 0 spiro atoms. The summed E-state index contributed by atoms with van der Waals surface area (Å²) in [7, 11) is 1.48. The van der Waals surface area contributed by atoms with E-state index in [0.717, 1.165) is 15.6 Å². The van der Waals surface area contributed by atoms with Crippen molar-refractivity contribution in [3.63, 3.8) is 0 Å². The quantitative estimate of drug-likeness (QED) is 0.0830. The molecule has 0 aliphatic rings. The van der Waals surface area contributed by atoms with E-state index in [1.54, 1.807) is 54.6 Å². The number of benzene rings is 4. The monoisotopic (exact) mass is 613 g/mol. The normalized spacial score (nSPS) is 10.8. The predicted octanol–water partition coefficient (Wildman–Crippen LogP) is 7.07. The number of halogens is 1. The second-order valence-electron chi connectivity index (χ2n) is 8.69. The maximum absolute atomic E-state index is 12.8. The first-order valence-electron chi connectivity index (χ1n) is 12.3. The molecule has 0 aromatic heterocycles. The number of hydrogen-bond donors (Lipinski definition) is 1. The van der Waals surface area contributed by atoms with Gasteiger partial charge >= 0.3 is 0 Å². The number of hydrogen-bond acceptors (Lipinski definition) is 7. The third-order valence-corrected chi connectivity index (χ3v) is 6.36. The number of ether oxygens (including phenoxy) is 3. The van der Waals surface area contributed by atoms with E-state index in [1.807, 2.05) is 30.3 Å². The smallest absolute Gasteiger partial charge is 0.269 e. The van der Waals surface area contributed by atoms with Crippen LogP contribution in [-0.4, -0.2) is 17.9 Å². The molecule has 4 aromatic rings. The highest BCUT2D eigenvalue weighted by Gasteiger charge is 2.12. The van der Waals surface area contributed by atoms with Crippen molar-refractivity contribution in [1.82, 2.24) is 0 Å². The molecule has 0 radical (unpaired) electrons. The van der Waals surface area contributed by atoms with E-state index in [2.05, 4.69) is 21.2 Å². The Bertz CT molecular complexity index is 1600. The van der Waals surface area contributed by atoms with Gasteiger partial charge in [-0.05, 0) is 83.4 Å². The lowest BCUT2D eigenvalue weighted by molar-refractivity contribution is -0.384. The number of carbonyl (C=O) groups is 1. The van der Waals surface area contributed by atoms with Gasteiger partial charge in [-0.25, -0.2) is 0 Å². The van der Waals surface area contributed by atoms with E-state index in [1.165, 1.54) is 25.3 Å². The topological polar surface area (TPSA) is 124 Å². The van der Waals surface area contributed by atoms with Gasteiger partial charge in [0.15, 0.2) is 11.5 Å². The molecule has 0 aliphatic carbocycles. The van der Waals surface area contributed by atoms with Crippen molar-refractivity contribution in [2.75, 3.05) is 12.4 Å². The van der Waals surface area contributed by atoms with Crippen molar-refractivity contribution in [1.29, 1.82) is 5.26 Å². The summed E-state index contributed by atoms with van der Waals surface area (Å²) in [4.78, 5) is 23.1. The average molecular weight is 614 g/mol. The molecule has 0 atom stereocenters. The lowest BCUT2D eigenvalue weighted by Crippen LogP contribution is -2.13. The van der Waals surface area contributed by atoms with Gasteiger partial charge in [-0.1, -0.05) is 34.1 Å². The highest BCUT2D eigenvalue weighted by atomic mass is 79.9. The molecular weight excluding hydrogens is 590 g/mol. The minimum atomic E-state index is -0.562. The van der Waals surface area contributed by atoms with Crippen LogP contribution >= 0.6 is 15.9 Å². The Hall–Kier alpha value is -5.14. The molecule has 10 heteroatoms. The van der Waals surface area contributed by atoms with Crippen LogP contribution in [0.25, 0.3) is 6.08 Å². The first kappa shape index (κ1) is 28.9. The second kappa shape index (κ2) is 13.8. The van der Waals surface area contributed by atoms with Gasteiger partial charge in [-0.15, -0.1) is 0 Å². The Morgan fingerprint density at radius 1 is 0.927 bits per heavy atom. The average Bonchev–Trinajstić information content (AvgIpc) is 2.99. The molecule has 0 saturated heterocycles. The Morgan fingerprint density at radius 2 is 1.56 bits per heavy atom. The lowest BCUT2D eigenvalue weighted by atomic mass is 10.1. The summed E-state index contributed by atoms with van der Waals surface area (Å²) in [5.41, 5.74) is 2.75. The number of nitro groups is 1. The van der Waals surface area contributed by atoms with Crippen LogP contribution in [0.15, 0.2) is 101 Å². The van der Waals surface area contributed by atoms with Crippen molar-refractivity contribution in [3.8, 4) is 23.3 Å². The van der Waals surface area contributed by atoms with Gasteiger partial charge in [0.05, 0.1) is 12.0 Å². The second-order valence-corrected chi connectivity index (χ2v) is 9.60. The first-order valence-corrected chi connectivity index (χ1v) is 13.1. The van der Waals surface area contributed by atoms with Crippen LogP contribution in [0.5, 0.6) is 17.2 Å². The summed E-state index contributed by atoms with van der Waals surface area (Å²) in [6.45, 7) is 0.577. The highest BCUT2D eigenvalue weighted by molar-refractivity contribution is 9.10. The van der Waals surface area contributed by atoms with Crippen LogP contribution in [0.3, 0.4) is 0 Å². The maximum atomic E-state index is 12.8. The molecule has 4 aromatic carbocycles. The van der Waals surface area contributed by atoms with Crippen LogP contribution in [0.4, 0.5) is 11.4 Å². The van der Waals surface area contributed by atoms with Crippen LogP contribution in [0.2, 0.25) is 0 Å². The van der Waals surface area contributed by atoms with E-state index in [-0.39, 0.29) is 17.9 Å². The van der Waals surface area contributed by atoms with Gasteiger partial charge < -0.3 is 19.5 Å². The van der Waals surface area contributed by atoms with Gasteiger partial charge in [0.1, 0.15) is 30.6 Å². The van der Waals surface area contributed by atoms with Crippen LogP contribution in [-0.2, 0) is 18.0 Å². The lowest BCUT2D eigenvalue weighted by Gasteiger charge is -2.12. The number of rotatable bonds is 11. The largest absolute Gasteiger partial charge is 0.493 e. The summed E-state index contributed by atoms with van der Waals surface area (Å²) < 4.78 is 18.0. The van der Waals surface area contributed by atoms with Gasteiger partial charge in [-0.2, -0.15) is 5.26 Å². The standard InChI is InChI=1S/C31H24BrN3O6/c1-39-30-17-23(6-15-29(30)41-20-22-4-11-27(12-5-22)35(37)38)16-24(18-33)31(36)34-26-9-13-28(14-10-26)40-19-21-2-7-25(32)8-3-21/h2-17H,19-20H2,1H3,(H,34,36)/b24-16+. The predicted molar refractivity (Wildman–Crippen MR) is 158 cm³/mol. The fourth-order valence-electron chi connectivity index (χ4n) is 3.66. The molecule has 0 unspecified atom stereocenters. The molecule has 9 nitrogen and oxygen atoms in total. The van der Waals surface area contributed by atoms with Gasteiger partial charge in [0, 0.05) is 22.3 Å². The number of nitrogens with one attached hydrogen (secondary N) is 1. The Balaban J connectivity index is 1.37. The van der Waals surface area contributed by atoms with Crippen LogP contribution < -0.4 is 19.5 Å². The molecule has 41 heavy (non-hydrogen) atoms. The molecular formula is C31H24BrN3O6. The molecule has 4 rings (SSSR count).